The lowest BCUT2D eigenvalue weighted by molar-refractivity contribution is 0.373. The zero-order chi connectivity index (χ0) is 14.8. The van der Waals surface area contributed by atoms with Gasteiger partial charge in [-0.15, -0.1) is 0 Å². The highest BCUT2D eigenvalue weighted by Crippen LogP contribution is 2.39. The zero-order valence-electron chi connectivity index (χ0n) is 11.3. The molecule has 1 saturated carbocycles. The normalized spacial score (nSPS) is 20.4. The van der Waals surface area contributed by atoms with Gasteiger partial charge in [-0.25, -0.2) is 4.39 Å². The zero-order valence-corrected chi connectivity index (χ0v) is 12.1. The van der Waals surface area contributed by atoms with Crippen LogP contribution in [-0.4, -0.2) is 6.04 Å². The van der Waals surface area contributed by atoms with Crippen LogP contribution in [0.15, 0.2) is 42.5 Å². The molecule has 2 nitrogen and oxygen atoms in total. The van der Waals surface area contributed by atoms with E-state index in [1.54, 1.807) is 24.3 Å². The van der Waals surface area contributed by atoms with E-state index in [1.807, 2.05) is 12.1 Å². The number of hydrogen-bond donors (Lipinski definition) is 1. The lowest BCUT2D eigenvalue weighted by atomic mass is 9.76. The van der Waals surface area contributed by atoms with Gasteiger partial charge in [0.25, 0.3) is 0 Å². The first-order chi connectivity index (χ1) is 10.2. The summed E-state index contributed by atoms with van der Waals surface area (Å²) in [4.78, 5) is 0. The molecule has 21 heavy (non-hydrogen) atoms. The molecule has 0 aromatic heterocycles. The van der Waals surface area contributed by atoms with Crippen LogP contribution >= 0.6 is 11.6 Å². The van der Waals surface area contributed by atoms with Crippen molar-refractivity contribution in [2.24, 2.45) is 0 Å². The summed E-state index contributed by atoms with van der Waals surface area (Å²) in [6.45, 7) is 0. The second-order valence-corrected chi connectivity index (χ2v) is 5.78. The molecule has 4 heteroatoms. The van der Waals surface area contributed by atoms with E-state index >= 15 is 0 Å². The first-order valence-electron chi connectivity index (χ1n) is 6.87. The quantitative estimate of drug-likeness (QED) is 0.891. The van der Waals surface area contributed by atoms with Crippen molar-refractivity contribution < 1.29 is 4.39 Å². The van der Waals surface area contributed by atoms with Crippen molar-refractivity contribution in [1.29, 1.82) is 5.26 Å². The van der Waals surface area contributed by atoms with Crippen LogP contribution in [0.2, 0.25) is 5.02 Å². The van der Waals surface area contributed by atoms with Crippen LogP contribution in [0.25, 0.3) is 0 Å². The molecule has 1 aliphatic carbocycles. The standard InChI is InChI=1S/C17H14ClFN2/c18-16-6-11(10-20)4-5-17(16)21-15-8-13(9-15)12-2-1-3-14(19)7-12/h1-7,13,15,21H,8-9H2. The van der Waals surface area contributed by atoms with Crippen LogP contribution in [0.5, 0.6) is 0 Å². The molecule has 0 aliphatic heterocycles. The predicted octanol–water partition coefficient (Wildman–Crippen LogP) is 4.71. The minimum absolute atomic E-state index is 0.181. The van der Waals surface area contributed by atoms with E-state index in [2.05, 4.69) is 11.4 Å². The Morgan fingerprint density at radius 1 is 1.19 bits per heavy atom. The van der Waals surface area contributed by atoms with Gasteiger partial charge in [-0.2, -0.15) is 5.26 Å². The summed E-state index contributed by atoms with van der Waals surface area (Å²) in [5.41, 5.74) is 2.45. The van der Waals surface area contributed by atoms with Crippen LogP contribution in [0.3, 0.4) is 0 Å². The highest BCUT2D eigenvalue weighted by Gasteiger charge is 2.30. The average molecular weight is 301 g/mol. The van der Waals surface area contributed by atoms with Crippen molar-refractivity contribution in [2.45, 2.75) is 24.8 Å². The van der Waals surface area contributed by atoms with E-state index in [0.29, 0.717) is 22.5 Å². The Morgan fingerprint density at radius 3 is 2.67 bits per heavy atom. The van der Waals surface area contributed by atoms with E-state index < -0.39 is 0 Å². The topological polar surface area (TPSA) is 35.8 Å². The third-order valence-electron chi connectivity index (χ3n) is 3.92. The number of nitrogens with zero attached hydrogens (tertiary/aromatic N) is 1. The molecule has 0 spiro atoms. The molecule has 0 radical (unpaired) electrons. The molecule has 0 amide bonds. The fourth-order valence-corrected chi connectivity index (χ4v) is 2.93. The molecule has 1 N–H and O–H groups in total. The van der Waals surface area contributed by atoms with Crippen molar-refractivity contribution in [3.8, 4) is 6.07 Å². The van der Waals surface area contributed by atoms with Gasteiger partial charge in [0.1, 0.15) is 5.82 Å². The third-order valence-corrected chi connectivity index (χ3v) is 4.23. The molecule has 0 saturated heterocycles. The Balaban J connectivity index is 1.61. The number of rotatable bonds is 3. The Hall–Kier alpha value is -2.05. The van der Waals surface area contributed by atoms with Gasteiger partial charge >= 0.3 is 0 Å². The number of hydrogen-bond acceptors (Lipinski definition) is 2. The molecule has 1 aliphatic rings. The smallest absolute Gasteiger partial charge is 0.123 e. The molecule has 2 aromatic rings. The molecule has 106 valence electrons. The van der Waals surface area contributed by atoms with E-state index in [9.17, 15) is 4.39 Å². The number of nitrogens with one attached hydrogen (secondary N) is 1. The van der Waals surface area contributed by atoms with Gasteiger partial charge in [0.05, 0.1) is 22.3 Å². The van der Waals surface area contributed by atoms with E-state index in [1.165, 1.54) is 6.07 Å². The Labute approximate surface area is 128 Å². The van der Waals surface area contributed by atoms with Crippen molar-refractivity contribution in [1.82, 2.24) is 0 Å². The molecule has 0 bridgehead atoms. The van der Waals surface area contributed by atoms with Gasteiger partial charge < -0.3 is 5.32 Å². The second-order valence-electron chi connectivity index (χ2n) is 5.37. The summed E-state index contributed by atoms with van der Waals surface area (Å²) in [7, 11) is 0. The SMILES string of the molecule is N#Cc1ccc(NC2CC(c3cccc(F)c3)C2)c(Cl)c1. The molecular weight excluding hydrogens is 287 g/mol. The van der Waals surface area contributed by atoms with Gasteiger partial charge in [-0.05, 0) is 54.7 Å². The summed E-state index contributed by atoms with van der Waals surface area (Å²) in [5, 5.41) is 12.8. The van der Waals surface area contributed by atoms with E-state index in [-0.39, 0.29) is 5.82 Å². The molecule has 3 rings (SSSR count). The van der Waals surface area contributed by atoms with Crippen molar-refractivity contribution in [3.05, 3.63) is 64.4 Å². The number of anilines is 1. The first-order valence-corrected chi connectivity index (χ1v) is 7.25. The first kappa shape index (κ1) is 13.9. The Bertz CT molecular complexity index is 702. The molecule has 0 unspecified atom stereocenters. The number of halogens is 2. The van der Waals surface area contributed by atoms with Crippen molar-refractivity contribution in [3.63, 3.8) is 0 Å². The Kier molecular flexibility index (Phi) is 3.81. The summed E-state index contributed by atoms with van der Waals surface area (Å²) < 4.78 is 13.2. The van der Waals surface area contributed by atoms with Crippen molar-refractivity contribution in [2.75, 3.05) is 5.32 Å². The van der Waals surface area contributed by atoms with Gasteiger partial charge in [0.15, 0.2) is 0 Å². The van der Waals surface area contributed by atoms with Crippen LogP contribution in [-0.2, 0) is 0 Å². The average Bonchev–Trinajstić information content (AvgIpc) is 2.43. The third kappa shape index (κ3) is 3.01. The maximum atomic E-state index is 13.2. The van der Waals surface area contributed by atoms with Crippen LogP contribution < -0.4 is 5.32 Å². The number of nitriles is 1. The fourth-order valence-electron chi connectivity index (χ4n) is 2.69. The highest BCUT2D eigenvalue weighted by atomic mass is 35.5. The largest absolute Gasteiger partial charge is 0.381 e. The maximum absolute atomic E-state index is 13.2. The molecule has 0 atom stereocenters. The minimum Gasteiger partial charge on any atom is -0.381 e. The van der Waals surface area contributed by atoms with Gasteiger partial charge in [0.2, 0.25) is 0 Å². The monoisotopic (exact) mass is 300 g/mol. The molecule has 2 aromatic carbocycles. The minimum atomic E-state index is -0.181. The summed E-state index contributed by atoms with van der Waals surface area (Å²) in [6, 6.07) is 14.4. The van der Waals surface area contributed by atoms with Crippen LogP contribution in [0, 0.1) is 17.1 Å². The van der Waals surface area contributed by atoms with Crippen LogP contribution in [0.1, 0.15) is 29.9 Å². The van der Waals surface area contributed by atoms with Gasteiger partial charge in [0, 0.05) is 6.04 Å². The van der Waals surface area contributed by atoms with Gasteiger partial charge in [-0.1, -0.05) is 23.7 Å². The van der Waals surface area contributed by atoms with Crippen molar-refractivity contribution >= 4 is 17.3 Å². The Morgan fingerprint density at radius 2 is 2.00 bits per heavy atom. The molecule has 1 fully saturated rings. The molecular formula is C17H14ClFN2. The fraction of sp³-hybridized carbons (Fsp3) is 0.235. The summed E-state index contributed by atoms with van der Waals surface area (Å²) >= 11 is 6.14. The lowest BCUT2D eigenvalue weighted by Crippen LogP contribution is -2.34. The molecule has 0 heterocycles. The van der Waals surface area contributed by atoms with E-state index in [0.717, 1.165) is 24.1 Å². The summed E-state index contributed by atoms with van der Waals surface area (Å²) in [5.74, 6) is 0.217. The highest BCUT2D eigenvalue weighted by molar-refractivity contribution is 6.33. The lowest BCUT2D eigenvalue weighted by Gasteiger charge is -2.37. The number of benzene rings is 2. The second kappa shape index (κ2) is 5.75. The van der Waals surface area contributed by atoms with Crippen LogP contribution in [0.4, 0.5) is 10.1 Å². The van der Waals surface area contributed by atoms with Gasteiger partial charge in [-0.3, -0.25) is 0 Å². The summed E-state index contributed by atoms with van der Waals surface area (Å²) in [6.07, 6.45) is 1.92. The maximum Gasteiger partial charge on any atom is 0.123 e. The predicted molar refractivity (Wildman–Crippen MR) is 82.0 cm³/mol. The van der Waals surface area contributed by atoms with E-state index in [4.69, 9.17) is 16.9 Å².